The second-order valence-electron chi connectivity index (χ2n) is 14.3. The number of carbonyl (C=O) groups excluding carboxylic acids is 3. The van der Waals surface area contributed by atoms with Gasteiger partial charge in [0.1, 0.15) is 43.1 Å². The number of ether oxygens (including phenoxy) is 3. The van der Waals surface area contributed by atoms with Gasteiger partial charge in [0.15, 0.2) is 0 Å². The van der Waals surface area contributed by atoms with Crippen LogP contribution < -0.4 is 25.4 Å². The van der Waals surface area contributed by atoms with E-state index >= 15 is 0 Å². The monoisotopic (exact) mass is 784 g/mol. The summed E-state index contributed by atoms with van der Waals surface area (Å²) in [6.45, 7) is 2.96. The van der Waals surface area contributed by atoms with Gasteiger partial charge in [0.2, 0.25) is 5.91 Å². The second-order valence-corrected chi connectivity index (χ2v) is 14.3. The van der Waals surface area contributed by atoms with Crippen LogP contribution in [0.1, 0.15) is 41.2 Å². The molecule has 0 bridgehead atoms. The summed E-state index contributed by atoms with van der Waals surface area (Å²) in [5.74, 6) is 0.564. The van der Waals surface area contributed by atoms with E-state index in [0.29, 0.717) is 44.1 Å². The number of carbonyl (C=O) groups is 3. The molecule has 304 valence electrons. The van der Waals surface area contributed by atoms with Gasteiger partial charge in [-0.15, -0.1) is 0 Å². The Bertz CT molecular complexity index is 2060. The molecule has 0 aromatic heterocycles. The summed E-state index contributed by atoms with van der Waals surface area (Å²) in [5, 5.41) is 9.37. The Balaban J connectivity index is 1.54. The molecule has 0 aliphatic heterocycles. The minimum atomic E-state index is -0.966. The van der Waals surface area contributed by atoms with Gasteiger partial charge in [-0.25, -0.2) is 4.79 Å². The number of Topliss-reactive ketones (excluding diaryl/α,β-unsaturated/α-hetero) is 1. The molecule has 5 aromatic rings. The topological polar surface area (TPSA) is 118 Å². The Morgan fingerprint density at radius 2 is 1.07 bits per heavy atom. The highest BCUT2D eigenvalue weighted by Gasteiger charge is 2.33. The third-order valence-corrected chi connectivity index (χ3v) is 10.2. The lowest BCUT2D eigenvalue weighted by molar-refractivity contribution is -0.155. The van der Waals surface area contributed by atoms with Crippen molar-refractivity contribution in [3.05, 3.63) is 155 Å². The Labute approximate surface area is 342 Å². The maximum Gasteiger partial charge on any atom is 0.329 e. The molecule has 1 amide bonds. The van der Waals surface area contributed by atoms with Crippen LogP contribution in [-0.4, -0.2) is 75.4 Å². The van der Waals surface area contributed by atoms with Crippen molar-refractivity contribution in [1.82, 2.24) is 20.9 Å². The molecule has 0 radical (unpaired) electrons. The van der Waals surface area contributed by atoms with Crippen molar-refractivity contribution in [2.24, 2.45) is 0 Å². The average Bonchev–Trinajstić information content (AvgIpc) is 3.26. The van der Waals surface area contributed by atoms with Crippen LogP contribution in [0.3, 0.4) is 0 Å². The molecule has 0 unspecified atom stereocenters. The average molecular weight is 785 g/mol. The molecule has 5 aromatic carbocycles. The van der Waals surface area contributed by atoms with E-state index in [2.05, 4.69) is 22.0 Å². The van der Waals surface area contributed by atoms with E-state index in [1.807, 2.05) is 128 Å². The van der Waals surface area contributed by atoms with Crippen molar-refractivity contribution < 1.29 is 28.6 Å². The number of rotatable bonds is 22. The summed E-state index contributed by atoms with van der Waals surface area (Å²) in [6.07, 6.45) is 1.10. The number of hydrogen-bond donors (Lipinski definition) is 3. The minimum Gasteiger partial charge on any atom is -0.489 e. The van der Waals surface area contributed by atoms with E-state index in [1.165, 1.54) is 4.90 Å². The molecule has 0 aliphatic rings. The number of benzene rings is 5. The molecule has 3 N–H and O–H groups in total. The number of ketones is 1. The van der Waals surface area contributed by atoms with Gasteiger partial charge < -0.3 is 35.1 Å². The van der Waals surface area contributed by atoms with Crippen molar-refractivity contribution in [2.45, 2.75) is 64.1 Å². The number of nitrogens with one attached hydrogen (secondary N) is 3. The fourth-order valence-corrected chi connectivity index (χ4v) is 6.75. The van der Waals surface area contributed by atoms with E-state index in [4.69, 9.17) is 14.2 Å². The van der Waals surface area contributed by atoms with Crippen molar-refractivity contribution in [2.75, 3.05) is 34.7 Å². The first-order valence-electron chi connectivity index (χ1n) is 19.8. The predicted molar refractivity (Wildman–Crippen MR) is 229 cm³/mol. The number of amides is 1. The molecule has 0 spiro atoms. The van der Waals surface area contributed by atoms with Crippen LogP contribution in [0, 0.1) is 0 Å². The second kappa shape index (κ2) is 22.2. The lowest BCUT2D eigenvalue weighted by Gasteiger charge is -2.30. The molecule has 3 atom stereocenters. The standard InChI is InChI=1S/C48H56N4O6/c1-34(53)43(51-4)29-40-27-38(21-23-45(40)56-31-35-15-9-6-10-16-35)39-22-24-46(57-32-36-17-11-7-12-18-36)41(28-39)30-44(48(55)58-33-37-19-13-8-14-20-37)52(5)47(54)42(50-3)25-26-49-2/h6-24,27-28,42-44,49-51H,25-26,29-33H2,1-5H3/t42-,43-,44-/m0/s1. The van der Waals surface area contributed by atoms with Crippen LogP contribution in [0.4, 0.5) is 0 Å². The van der Waals surface area contributed by atoms with E-state index in [9.17, 15) is 14.4 Å². The number of hydrogen-bond acceptors (Lipinski definition) is 9. The highest BCUT2D eigenvalue weighted by Crippen LogP contribution is 2.33. The van der Waals surface area contributed by atoms with Gasteiger partial charge in [0, 0.05) is 13.5 Å². The van der Waals surface area contributed by atoms with Crippen LogP contribution in [0.2, 0.25) is 0 Å². The fourth-order valence-electron chi connectivity index (χ4n) is 6.75. The van der Waals surface area contributed by atoms with Crippen LogP contribution >= 0.6 is 0 Å². The van der Waals surface area contributed by atoms with E-state index in [-0.39, 0.29) is 24.7 Å². The summed E-state index contributed by atoms with van der Waals surface area (Å²) in [5.41, 5.74) is 6.24. The lowest BCUT2D eigenvalue weighted by atomic mass is 9.94. The Morgan fingerprint density at radius 1 is 0.603 bits per heavy atom. The molecule has 5 rings (SSSR count). The Hall–Kier alpha value is -5.81. The summed E-state index contributed by atoms with van der Waals surface area (Å²) in [7, 11) is 7.02. The third-order valence-electron chi connectivity index (χ3n) is 10.2. The van der Waals surface area contributed by atoms with Crippen molar-refractivity contribution in [3.63, 3.8) is 0 Å². The van der Waals surface area contributed by atoms with Crippen LogP contribution in [0.15, 0.2) is 127 Å². The maximum atomic E-state index is 14.1. The lowest BCUT2D eigenvalue weighted by Crippen LogP contribution is -2.52. The predicted octanol–water partition coefficient (Wildman–Crippen LogP) is 6.54. The Kier molecular flexibility index (Phi) is 16.6. The third kappa shape index (κ3) is 12.3. The first-order valence-corrected chi connectivity index (χ1v) is 19.8. The molecule has 0 fully saturated rings. The van der Waals surface area contributed by atoms with Crippen molar-refractivity contribution in [3.8, 4) is 22.6 Å². The number of nitrogens with zero attached hydrogens (tertiary/aromatic N) is 1. The first kappa shape index (κ1) is 43.3. The first-order chi connectivity index (χ1) is 28.2. The molecule has 0 heterocycles. The van der Waals surface area contributed by atoms with Crippen LogP contribution in [0.5, 0.6) is 11.5 Å². The SMILES string of the molecule is CNCC[C@H](NC)C(=O)N(C)[C@@H](Cc1cc(-c2ccc(OCc3ccccc3)c(C[C@H](NC)C(C)=O)c2)ccc1OCc1ccccc1)C(=O)OCc1ccccc1. The molecular formula is C48H56N4O6. The molecule has 10 heteroatoms. The molecule has 0 aliphatic carbocycles. The zero-order chi connectivity index (χ0) is 41.3. The molecule has 0 saturated carbocycles. The summed E-state index contributed by atoms with van der Waals surface area (Å²) >= 11 is 0. The van der Waals surface area contributed by atoms with Gasteiger partial charge in [-0.2, -0.15) is 0 Å². The van der Waals surface area contributed by atoms with Crippen molar-refractivity contribution >= 4 is 17.7 Å². The zero-order valence-corrected chi connectivity index (χ0v) is 34.2. The smallest absolute Gasteiger partial charge is 0.329 e. The minimum absolute atomic E-state index is 0.0273. The van der Waals surface area contributed by atoms with E-state index in [1.54, 1.807) is 28.1 Å². The van der Waals surface area contributed by atoms with Gasteiger partial charge in [-0.3, -0.25) is 9.59 Å². The van der Waals surface area contributed by atoms with Crippen LogP contribution in [0.25, 0.3) is 11.1 Å². The normalized spacial score (nSPS) is 12.6. The summed E-state index contributed by atoms with van der Waals surface area (Å²) in [6, 6.07) is 39.3. The highest BCUT2D eigenvalue weighted by atomic mass is 16.5. The highest BCUT2D eigenvalue weighted by molar-refractivity contribution is 5.88. The van der Waals surface area contributed by atoms with Gasteiger partial charge in [-0.05, 0) is 111 Å². The number of likely N-dealkylation sites (N-methyl/N-ethyl adjacent to an activating group) is 3. The van der Waals surface area contributed by atoms with E-state index < -0.39 is 24.1 Å². The van der Waals surface area contributed by atoms with Crippen molar-refractivity contribution in [1.29, 1.82) is 0 Å². The summed E-state index contributed by atoms with van der Waals surface area (Å²) in [4.78, 5) is 42.2. The van der Waals surface area contributed by atoms with Gasteiger partial charge in [-0.1, -0.05) is 103 Å². The number of esters is 1. The largest absolute Gasteiger partial charge is 0.489 e. The molecule has 10 nitrogen and oxygen atoms in total. The van der Waals surface area contributed by atoms with E-state index in [0.717, 1.165) is 38.9 Å². The zero-order valence-electron chi connectivity index (χ0n) is 34.2. The molecule has 58 heavy (non-hydrogen) atoms. The molecule has 0 saturated heterocycles. The fraction of sp³-hybridized carbons (Fsp3) is 0.312. The molecular weight excluding hydrogens is 729 g/mol. The van der Waals surface area contributed by atoms with Gasteiger partial charge in [0.25, 0.3) is 0 Å². The quantitative estimate of drug-likeness (QED) is 0.0673. The maximum absolute atomic E-state index is 14.1. The van der Waals surface area contributed by atoms with Crippen LogP contribution in [-0.2, 0) is 51.8 Å². The van der Waals surface area contributed by atoms with Gasteiger partial charge in [0.05, 0.1) is 12.1 Å². The van der Waals surface area contributed by atoms with Gasteiger partial charge >= 0.3 is 5.97 Å². The Morgan fingerprint density at radius 3 is 1.52 bits per heavy atom. The summed E-state index contributed by atoms with van der Waals surface area (Å²) < 4.78 is 18.7.